The lowest BCUT2D eigenvalue weighted by Crippen LogP contribution is -2.09. The minimum absolute atomic E-state index is 0.0588. The van der Waals surface area contributed by atoms with Gasteiger partial charge in [-0.3, -0.25) is 0 Å². The van der Waals surface area contributed by atoms with E-state index in [-0.39, 0.29) is 35.4 Å². The van der Waals surface area contributed by atoms with Crippen molar-refractivity contribution in [3.8, 4) is 17.2 Å². The van der Waals surface area contributed by atoms with E-state index in [0.717, 1.165) is 11.1 Å². The summed E-state index contributed by atoms with van der Waals surface area (Å²) in [6.45, 7) is 4.27. The summed E-state index contributed by atoms with van der Waals surface area (Å²) in [5, 5.41) is 28.6. The minimum atomic E-state index is -0.139. The van der Waals surface area contributed by atoms with Crippen LogP contribution in [0.3, 0.4) is 0 Å². The monoisotopic (exact) mass is 300 g/mol. The Morgan fingerprint density at radius 2 is 1.27 bits per heavy atom. The number of hydrogen-bond donors (Lipinski definition) is 3. The third kappa shape index (κ3) is 2.50. The Hall–Kier alpha value is -2.20. The number of benzene rings is 2. The zero-order chi connectivity index (χ0) is 15.9. The molecule has 1 saturated heterocycles. The molecule has 116 valence electrons. The van der Waals surface area contributed by atoms with Crippen molar-refractivity contribution >= 4 is 0 Å². The maximum absolute atomic E-state index is 9.69. The Morgan fingerprint density at radius 3 is 1.86 bits per heavy atom. The van der Waals surface area contributed by atoms with Gasteiger partial charge >= 0.3 is 0 Å². The molecule has 0 amide bonds. The molecule has 0 saturated carbocycles. The van der Waals surface area contributed by atoms with Gasteiger partial charge in [0.15, 0.2) is 11.5 Å². The Labute approximate surface area is 129 Å². The highest BCUT2D eigenvalue weighted by molar-refractivity contribution is 5.41. The highest BCUT2D eigenvalue weighted by atomic mass is 16.5. The molecule has 0 aromatic heterocycles. The molecule has 4 heteroatoms. The molecule has 1 heterocycles. The van der Waals surface area contributed by atoms with Crippen LogP contribution in [0.4, 0.5) is 0 Å². The fraction of sp³-hybridized carbons (Fsp3) is 0.333. The van der Waals surface area contributed by atoms with Gasteiger partial charge in [-0.15, -0.1) is 0 Å². The van der Waals surface area contributed by atoms with Crippen molar-refractivity contribution in [3.05, 3.63) is 53.6 Å². The van der Waals surface area contributed by atoms with Gasteiger partial charge in [0.1, 0.15) is 5.75 Å². The number of phenols is 3. The Kier molecular flexibility index (Phi) is 3.71. The summed E-state index contributed by atoms with van der Waals surface area (Å²) in [6, 6.07) is 11.9. The van der Waals surface area contributed by atoms with Gasteiger partial charge in [0.2, 0.25) is 0 Å². The molecule has 0 unspecified atom stereocenters. The molecule has 4 nitrogen and oxygen atoms in total. The third-order valence-electron chi connectivity index (χ3n) is 4.63. The largest absolute Gasteiger partial charge is 0.508 e. The smallest absolute Gasteiger partial charge is 0.157 e. The van der Waals surface area contributed by atoms with Gasteiger partial charge in [-0.25, -0.2) is 0 Å². The normalized spacial score (nSPS) is 27.9. The fourth-order valence-corrected chi connectivity index (χ4v) is 3.10. The number of ether oxygens (including phenoxy) is 1. The van der Waals surface area contributed by atoms with Crippen LogP contribution in [-0.2, 0) is 4.74 Å². The maximum Gasteiger partial charge on any atom is 0.157 e. The highest BCUT2D eigenvalue weighted by Gasteiger charge is 2.40. The Morgan fingerprint density at radius 1 is 0.727 bits per heavy atom. The molecule has 0 bridgehead atoms. The zero-order valence-corrected chi connectivity index (χ0v) is 12.6. The molecule has 3 rings (SSSR count). The summed E-state index contributed by atoms with van der Waals surface area (Å²) >= 11 is 0. The van der Waals surface area contributed by atoms with Gasteiger partial charge in [-0.05, 0) is 47.2 Å². The van der Waals surface area contributed by atoms with Crippen molar-refractivity contribution in [2.75, 3.05) is 0 Å². The maximum atomic E-state index is 9.69. The third-order valence-corrected chi connectivity index (χ3v) is 4.63. The summed E-state index contributed by atoms with van der Waals surface area (Å²) in [5.41, 5.74) is 1.89. The van der Waals surface area contributed by atoms with E-state index in [9.17, 15) is 15.3 Å². The Bertz CT molecular complexity index is 665. The fourth-order valence-electron chi connectivity index (χ4n) is 3.10. The second-order valence-corrected chi connectivity index (χ2v) is 6.04. The van der Waals surface area contributed by atoms with Crippen LogP contribution in [-0.4, -0.2) is 15.3 Å². The molecule has 0 radical (unpaired) electrons. The molecule has 0 spiro atoms. The van der Waals surface area contributed by atoms with Crippen molar-refractivity contribution < 1.29 is 20.1 Å². The van der Waals surface area contributed by atoms with Crippen LogP contribution in [0.1, 0.15) is 37.2 Å². The first-order valence-corrected chi connectivity index (χ1v) is 7.43. The molecule has 1 fully saturated rings. The lowest BCUT2D eigenvalue weighted by atomic mass is 9.85. The van der Waals surface area contributed by atoms with Gasteiger partial charge in [0.25, 0.3) is 0 Å². The first-order valence-electron chi connectivity index (χ1n) is 7.43. The van der Waals surface area contributed by atoms with Crippen molar-refractivity contribution in [1.82, 2.24) is 0 Å². The van der Waals surface area contributed by atoms with Crippen molar-refractivity contribution in [2.45, 2.75) is 26.1 Å². The lowest BCUT2D eigenvalue weighted by molar-refractivity contribution is 0.0289. The van der Waals surface area contributed by atoms with Crippen molar-refractivity contribution in [1.29, 1.82) is 0 Å². The summed E-state index contributed by atoms with van der Waals surface area (Å²) in [6.07, 6.45) is -0.197. The second-order valence-electron chi connectivity index (χ2n) is 6.04. The number of aromatic hydroxyl groups is 3. The van der Waals surface area contributed by atoms with Crippen LogP contribution in [0.25, 0.3) is 0 Å². The van der Waals surface area contributed by atoms with Gasteiger partial charge in [0.05, 0.1) is 12.2 Å². The highest BCUT2D eigenvalue weighted by Crippen LogP contribution is 2.49. The second kappa shape index (κ2) is 5.54. The summed E-state index contributed by atoms with van der Waals surface area (Å²) in [7, 11) is 0. The van der Waals surface area contributed by atoms with E-state index in [0.29, 0.717) is 5.92 Å². The van der Waals surface area contributed by atoms with E-state index in [4.69, 9.17) is 4.74 Å². The quantitative estimate of drug-likeness (QED) is 0.736. The SMILES string of the molecule is C[C@@H]1[C@H](C)[C@H](c2ccc(O)c(O)c2)O[C@H]1c1ccc(O)cc1. The standard InChI is InChI=1S/C18H20O4/c1-10-11(2)18(13-5-8-15(20)16(21)9-13)22-17(10)12-3-6-14(19)7-4-12/h3-11,17-21H,1-2H3/t10-,11+,17-,18-/m1/s1. The van der Waals surface area contributed by atoms with Gasteiger partial charge in [0, 0.05) is 0 Å². The summed E-state index contributed by atoms with van der Waals surface area (Å²) in [5.74, 6) is 0.544. The zero-order valence-electron chi connectivity index (χ0n) is 12.6. The number of phenolic OH excluding ortho intramolecular Hbond substituents is 3. The van der Waals surface area contributed by atoms with Crippen LogP contribution >= 0.6 is 0 Å². The van der Waals surface area contributed by atoms with Gasteiger partial charge < -0.3 is 20.1 Å². The van der Waals surface area contributed by atoms with Crippen molar-refractivity contribution in [2.24, 2.45) is 11.8 Å². The predicted molar refractivity (Wildman–Crippen MR) is 82.8 cm³/mol. The van der Waals surface area contributed by atoms with E-state index in [1.807, 2.05) is 12.1 Å². The molecule has 2 aromatic carbocycles. The first kappa shape index (κ1) is 14.7. The number of rotatable bonds is 2. The average Bonchev–Trinajstić information content (AvgIpc) is 2.79. The van der Waals surface area contributed by atoms with Crippen molar-refractivity contribution in [3.63, 3.8) is 0 Å². The van der Waals surface area contributed by atoms with Crippen LogP contribution in [0.2, 0.25) is 0 Å². The van der Waals surface area contributed by atoms with Crippen LogP contribution in [0, 0.1) is 11.8 Å². The molecular formula is C18H20O4. The van der Waals surface area contributed by atoms with E-state index < -0.39 is 0 Å². The van der Waals surface area contributed by atoms with E-state index >= 15 is 0 Å². The molecule has 3 N–H and O–H groups in total. The van der Waals surface area contributed by atoms with Gasteiger partial charge in [-0.2, -0.15) is 0 Å². The van der Waals surface area contributed by atoms with E-state index in [2.05, 4.69) is 13.8 Å². The molecule has 1 aliphatic rings. The number of hydrogen-bond acceptors (Lipinski definition) is 4. The predicted octanol–water partition coefficient (Wildman–Crippen LogP) is 3.89. The molecule has 22 heavy (non-hydrogen) atoms. The molecule has 1 aliphatic heterocycles. The van der Waals surface area contributed by atoms with E-state index in [1.165, 1.54) is 6.07 Å². The molecule has 0 aliphatic carbocycles. The van der Waals surface area contributed by atoms with Gasteiger partial charge in [-0.1, -0.05) is 32.0 Å². The Balaban J connectivity index is 1.89. The average molecular weight is 300 g/mol. The first-order chi connectivity index (χ1) is 10.5. The molecule has 4 atom stereocenters. The minimum Gasteiger partial charge on any atom is -0.508 e. The van der Waals surface area contributed by atoms with Crippen LogP contribution in [0.15, 0.2) is 42.5 Å². The van der Waals surface area contributed by atoms with Crippen LogP contribution in [0.5, 0.6) is 17.2 Å². The van der Waals surface area contributed by atoms with Crippen LogP contribution < -0.4 is 0 Å². The molecule has 2 aromatic rings. The lowest BCUT2D eigenvalue weighted by Gasteiger charge is -2.16. The summed E-state index contributed by atoms with van der Waals surface area (Å²) < 4.78 is 6.22. The summed E-state index contributed by atoms with van der Waals surface area (Å²) in [4.78, 5) is 0. The topological polar surface area (TPSA) is 69.9 Å². The molecular weight excluding hydrogens is 280 g/mol. The van der Waals surface area contributed by atoms with E-state index in [1.54, 1.807) is 24.3 Å².